The van der Waals surface area contributed by atoms with Crippen molar-refractivity contribution in [3.63, 3.8) is 0 Å². The van der Waals surface area contributed by atoms with Crippen LogP contribution in [0.4, 0.5) is 0 Å². The van der Waals surface area contributed by atoms with E-state index in [4.69, 9.17) is 11.6 Å². The summed E-state index contributed by atoms with van der Waals surface area (Å²) in [5.74, 6) is -0.486. The van der Waals surface area contributed by atoms with Crippen LogP contribution in [0.15, 0.2) is 24.5 Å². The topological polar surface area (TPSA) is 98.4 Å². The number of likely N-dealkylation sites (tertiary alicyclic amines) is 1. The molecule has 35 heavy (non-hydrogen) atoms. The Bertz CT molecular complexity index is 1140. The molecule has 1 unspecified atom stereocenters. The number of halogens is 1. The monoisotopic (exact) mass is 531 g/mol. The first-order valence-electron chi connectivity index (χ1n) is 11.7. The van der Waals surface area contributed by atoms with Crippen molar-refractivity contribution < 1.29 is 42.8 Å². The van der Waals surface area contributed by atoms with Gasteiger partial charge in [0.2, 0.25) is 0 Å². The van der Waals surface area contributed by atoms with E-state index in [9.17, 15) is 13.2 Å². The summed E-state index contributed by atoms with van der Waals surface area (Å²) in [5, 5.41) is 4.77. The van der Waals surface area contributed by atoms with Crippen LogP contribution in [0.5, 0.6) is 0 Å². The van der Waals surface area contributed by atoms with Crippen molar-refractivity contribution in [1.82, 2.24) is 19.4 Å². The number of likely N-dealkylation sites (N-methyl/N-ethyl adjacent to an activating group) is 1. The molecule has 0 aliphatic carbocycles. The molecule has 0 saturated carbocycles. The molecule has 1 aromatic heterocycles. The molecule has 0 bridgehead atoms. The Morgan fingerprint density at radius 3 is 2.43 bits per heavy atom. The molecule has 188 valence electrons. The fraction of sp³-hybridized carbons (Fsp3) is 0.583. The van der Waals surface area contributed by atoms with E-state index in [0.29, 0.717) is 5.02 Å². The second kappa shape index (κ2) is 12.5. The minimum Gasteiger partial charge on any atom is -0.533 e. The molecule has 11 heteroatoms. The number of carbonyl (C=O) groups is 1. The maximum Gasteiger partial charge on any atom is 1.00 e. The number of aromatic nitrogens is 2. The van der Waals surface area contributed by atoms with Crippen molar-refractivity contribution in [1.29, 1.82) is 0 Å². The van der Waals surface area contributed by atoms with E-state index >= 15 is 0 Å². The van der Waals surface area contributed by atoms with E-state index in [0.717, 1.165) is 41.6 Å². The SMILES string of the molecule is CC(C)c1ccc(Cl)c(C(C)C)c1CC(=O)[N-]S(=O)(=O)NC(c1cnn(C)c1)[C@@H]1CCCN1C.[Na+]. The molecule has 2 atom stereocenters. The Kier molecular flexibility index (Phi) is 10.8. The maximum absolute atomic E-state index is 13.0. The van der Waals surface area contributed by atoms with Crippen molar-refractivity contribution in [3.8, 4) is 0 Å². The average Bonchev–Trinajstić information content (AvgIpc) is 3.33. The molecule has 8 nitrogen and oxygen atoms in total. The molecule has 2 aromatic rings. The third-order valence-corrected chi connectivity index (χ3v) is 7.74. The van der Waals surface area contributed by atoms with E-state index < -0.39 is 22.2 Å². The van der Waals surface area contributed by atoms with Crippen molar-refractivity contribution in [3.05, 3.63) is 56.5 Å². The van der Waals surface area contributed by atoms with Crippen molar-refractivity contribution in [2.24, 2.45) is 7.05 Å². The molecule has 1 fully saturated rings. The Morgan fingerprint density at radius 2 is 1.91 bits per heavy atom. The third-order valence-electron chi connectivity index (χ3n) is 6.41. The molecule has 2 heterocycles. The zero-order valence-electron chi connectivity index (χ0n) is 21.7. The first-order valence-corrected chi connectivity index (χ1v) is 13.5. The van der Waals surface area contributed by atoms with Crippen LogP contribution in [0.25, 0.3) is 4.72 Å². The van der Waals surface area contributed by atoms with Gasteiger partial charge in [-0.3, -0.25) is 4.68 Å². The summed E-state index contributed by atoms with van der Waals surface area (Å²) in [7, 11) is -0.495. The Balaban J connectivity index is 0.00000432. The van der Waals surface area contributed by atoms with E-state index in [-0.39, 0.29) is 53.9 Å². The first kappa shape index (κ1) is 30.3. The van der Waals surface area contributed by atoms with Crippen LogP contribution in [0.2, 0.25) is 5.02 Å². The van der Waals surface area contributed by atoms with Gasteiger partial charge < -0.3 is 14.4 Å². The van der Waals surface area contributed by atoms with Crippen molar-refractivity contribution in [2.45, 2.75) is 70.9 Å². The number of nitrogens with zero attached hydrogens (tertiary/aromatic N) is 4. The molecule has 1 saturated heterocycles. The molecule has 1 amide bonds. The van der Waals surface area contributed by atoms with Gasteiger partial charge in [0.05, 0.1) is 18.1 Å². The van der Waals surface area contributed by atoms with Gasteiger partial charge in [-0.1, -0.05) is 45.4 Å². The molecule has 3 rings (SSSR count). The van der Waals surface area contributed by atoms with Crippen LogP contribution >= 0.6 is 11.6 Å². The van der Waals surface area contributed by atoms with E-state index in [1.807, 2.05) is 46.9 Å². The second-order valence-electron chi connectivity index (χ2n) is 9.71. The Hall–Kier alpha value is -0.940. The minimum atomic E-state index is -4.25. The summed E-state index contributed by atoms with van der Waals surface area (Å²) < 4.78 is 34.0. The molecule has 1 N–H and O–H groups in total. The average molecular weight is 532 g/mol. The van der Waals surface area contributed by atoms with Gasteiger partial charge in [0.15, 0.2) is 10.2 Å². The largest absolute Gasteiger partial charge is 1.00 e. The summed E-state index contributed by atoms with van der Waals surface area (Å²) in [6, 6.07) is 3.15. The van der Waals surface area contributed by atoms with Gasteiger partial charge >= 0.3 is 29.6 Å². The van der Waals surface area contributed by atoms with Gasteiger partial charge in [0, 0.05) is 36.3 Å². The molecule has 1 aromatic carbocycles. The summed E-state index contributed by atoms with van der Waals surface area (Å²) in [6.45, 7) is 8.96. The fourth-order valence-corrected chi connectivity index (χ4v) is 6.24. The van der Waals surface area contributed by atoms with E-state index in [2.05, 4.69) is 19.4 Å². The number of rotatable bonds is 9. The van der Waals surface area contributed by atoms with Gasteiger partial charge in [-0.2, -0.15) is 5.10 Å². The van der Waals surface area contributed by atoms with Crippen molar-refractivity contribution in [2.75, 3.05) is 13.6 Å². The van der Waals surface area contributed by atoms with E-state index in [1.54, 1.807) is 24.1 Å². The van der Waals surface area contributed by atoms with Crippen LogP contribution in [-0.4, -0.2) is 48.6 Å². The smallest absolute Gasteiger partial charge is 0.533 e. The summed E-state index contributed by atoms with van der Waals surface area (Å²) in [4.78, 5) is 15.1. The quantitative estimate of drug-likeness (QED) is 0.494. The number of nitrogens with one attached hydrogen (secondary N) is 1. The molecular weight excluding hydrogens is 497 g/mol. The fourth-order valence-electron chi connectivity index (χ4n) is 4.85. The van der Waals surface area contributed by atoms with Gasteiger partial charge in [-0.05, 0) is 61.0 Å². The van der Waals surface area contributed by atoms with Crippen LogP contribution in [0.3, 0.4) is 0 Å². The third kappa shape index (κ3) is 7.53. The standard InChI is InChI=1S/C24H36ClN5O3S.Na/c1-15(2)18-9-10-20(25)23(16(3)4)19(18)12-22(31)27-34(32,33)28-24(17-13-26-30(6)14-17)21-8-7-11-29(21)5;/h9-10,13-16,21,24,28H,7-8,11-12H2,1-6H3,(H,27,31);/q;+1/p-1/t21-,24?;/m0./s1. The summed E-state index contributed by atoms with van der Waals surface area (Å²) >= 11 is 6.46. The minimum absolute atomic E-state index is 0. The van der Waals surface area contributed by atoms with Crippen LogP contribution < -0.4 is 34.3 Å². The predicted molar refractivity (Wildman–Crippen MR) is 135 cm³/mol. The van der Waals surface area contributed by atoms with Gasteiger partial charge in [-0.25, -0.2) is 13.1 Å². The maximum atomic E-state index is 13.0. The Morgan fingerprint density at radius 1 is 1.23 bits per heavy atom. The van der Waals surface area contributed by atoms with Crippen molar-refractivity contribution >= 4 is 27.7 Å². The summed E-state index contributed by atoms with van der Waals surface area (Å²) in [5.41, 5.74) is 3.35. The van der Waals surface area contributed by atoms with Crippen LogP contribution in [0, 0.1) is 0 Å². The molecule has 1 aliphatic heterocycles. The van der Waals surface area contributed by atoms with Gasteiger partial charge in [0.1, 0.15) is 0 Å². The van der Waals surface area contributed by atoms with Gasteiger partial charge in [0.25, 0.3) is 0 Å². The predicted octanol–water partition coefficient (Wildman–Crippen LogP) is 1.44. The van der Waals surface area contributed by atoms with Crippen LogP contribution in [0.1, 0.15) is 80.7 Å². The normalized spacial score (nSPS) is 17.6. The number of hydrogen-bond donors (Lipinski definition) is 1. The number of amides is 1. The molecule has 1 aliphatic rings. The zero-order chi connectivity index (χ0) is 25.2. The second-order valence-corrected chi connectivity index (χ2v) is 11.5. The molecule has 0 radical (unpaired) electrons. The van der Waals surface area contributed by atoms with Gasteiger partial charge in [-0.15, -0.1) is 0 Å². The number of aryl methyl sites for hydroxylation is 1. The number of carbonyl (C=O) groups excluding carboxylic acids is 1. The molecular formula is C24H35ClN5NaO3S. The van der Waals surface area contributed by atoms with Crippen LogP contribution in [-0.2, 0) is 28.5 Å². The molecule has 0 spiro atoms. The zero-order valence-corrected chi connectivity index (χ0v) is 25.3. The number of hydrogen-bond acceptors (Lipinski definition) is 5. The number of benzene rings is 1. The first-order chi connectivity index (χ1) is 15.9. The summed E-state index contributed by atoms with van der Waals surface area (Å²) in [6.07, 6.45) is 5.13. The van der Waals surface area contributed by atoms with E-state index in [1.165, 1.54) is 0 Å². The Labute approximate surface area is 236 Å².